The molecule has 0 aliphatic heterocycles. The summed E-state index contributed by atoms with van der Waals surface area (Å²) in [5, 5.41) is 3.20. The molecule has 1 amide bonds. The Morgan fingerprint density at radius 2 is 2.11 bits per heavy atom. The van der Waals surface area contributed by atoms with Gasteiger partial charge in [0.1, 0.15) is 11.5 Å². The number of amides is 1. The number of aryl methyl sites for hydroxylation is 1. The monoisotopic (exact) mass is 276 g/mol. The third kappa shape index (κ3) is 3.21. The largest absolute Gasteiger partial charge is 0.319 e. The molecule has 0 aliphatic rings. The smallest absolute Gasteiger partial charge is 0.274 e. The molecule has 0 radical (unpaired) electrons. The average Bonchev–Trinajstić information content (AvgIpc) is 2.43. The summed E-state index contributed by atoms with van der Waals surface area (Å²) in [4.78, 5) is 16.1. The summed E-state index contributed by atoms with van der Waals surface area (Å²) >= 11 is 6.02. The second-order valence-electron chi connectivity index (χ2n) is 3.99. The van der Waals surface area contributed by atoms with Crippen LogP contribution in [0.25, 0.3) is 0 Å². The SMILES string of the molecule is Cc1ccc(Cl)c(NC(=O)c2cccc(NN)n2)c1. The summed E-state index contributed by atoms with van der Waals surface area (Å²) in [7, 11) is 0. The van der Waals surface area contributed by atoms with E-state index < -0.39 is 0 Å². The molecular weight excluding hydrogens is 264 g/mol. The van der Waals surface area contributed by atoms with Crippen LogP contribution >= 0.6 is 11.6 Å². The van der Waals surface area contributed by atoms with Crippen LogP contribution in [-0.2, 0) is 0 Å². The van der Waals surface area contributed by atoms with Crippen molar-refractivity contribution in [2.24, 2.45) is 5.84 Å². The topological polar surface area (TPSA) is 80.0 Å². The number of hydrazine groups is 1. The number of nitrogens with two attached hydrogens (primary N) is 1. The molecule has 6 heteroatoms. The lowest BCUT2D eigenvalue weighted by atomic mass is 10.2. The van der Waals surface area contributed by atoms with Crippen molar-refractivity contribution in [3.05, 3.63) is 52.7 Å². The predicted octanol–water partition coefficient (Wildman–Crippen LogP) is 2.58. The Bertz CT molecular complexity index is 615. The maximum absolute atomic E-state index is 12.0. The number of carbonyl (C=O) groups excluding carboxylic acids is 1. The summed E-state index contributed by atoms with van der Waals surface area (Å²) in [5.74, 6) is 5.33. The molecule has 2 rings (SSSR count). The molecule has 0 saturated carbocycles. The maximum atomic E-state index is 12.0. The second kappa shape index (κ2) is 5.69. The van der Waals surface area contributed by atoms with Crippen molar-refractivity contribution < 1.29 is 4.79 Å². The molecule has 0 unspecified atom stereocenters. The standard InChI is InChI=1S/C13H13ClN4O/c1-8-5-6-9(14)11(7-8)17-13(19)10-3-2-4-12(16-10)18-15/h2-7H,15H2,1H3,(H,16,18)(H,17,19). The normalized spacial score (nSPS) is 10.1. The Morgan fingerprint density at radius 3 is 2.84 bits per heavy atom. The van der Waals surface area contributed by atoms with Crippen LogP contribution in [-0.4, -0.2) is 10.9 Å². The number of halogens is 1. The van der Waals surface area contributed by atoms with E-state index in [2.05, 4.69) is 15.7 Å². The lowest BCUT2D eigenvalue weighted by Crippen LogP contribution is -2.16. The number of hydrogen-bond donors (Lipinski definition) is 3. The molecule has 5 nitrogen and oxygen atoms in total. The van der Waals surface area contributed by atoms with Gasteiger partial charge >= 0.3 is 0 Å². The number of pyridine rings is 1. The Morgan fingerprint density at radius 1 is 1.32 bits per heavy atom. The minimum atomic E-state index is -0.343. The van der Waals surface area contributed by atoms with Crippen LogP contribution in [0.1, 0.15) is 16.1 Å². The molecular formula is C13H13ClN4O. The first-order chi connectivity index (χ1) is 9.10. The molecule has 0 atom stereocenters. The highest BCUT2D eigenvalue weighted by Gasteiger charge is 2.10. The van der Waals surface area contributed by atoms with Gasteiger partial charge in [-0.2, -0.15) is 0 Å². The predicted molar refractivity (Wildman–Crippen MR) is 76.2 cm³/mol. The van der Waals surface area contributed by atoms with E-state index in [1.807, 2.05) is 13.0 Å². The van der Waals surface area contributed by atoms with E-state index in [4.69, 9.17) is 17.4 Å². The van der Waals surface area contributed by atoms with Gasteiger partial charge < -0.3 is 10.7 Å². The van der Waals surface area contributed by atoms with Crippen molar-refractivity contribution in [1.82, 2.24) is 4.98 Å². The molecule has 0 bridgehead atoms. The minimum Gasteiger partial charge on any atom is -0.319 e. The molecule has 1 aromatic carbocycles. The summed E-state index contributed by atoms with van der Waals surface area (Å²) in [6.07, 6.45) is 0. The van der Waals surface area contributed by atoms with E-state index in [-0.39, 0.29) is 11.6 Å². The van der Waals surface area contributed by atoms with Gasteiger partial charge in [0.15, 0.2) is 0 Å². The van der Waals surface area contributed by atoms with Crippen LogP contribution in [0.4, 0.5) is 11.5 Å². The number of nitrogen functional groups attached to an aromatic ring is 1. The summed E-state index contributed by atoms with van der Waals surface area (Å²) in [5.41, 5.74) is 4.21. The van der Waals surface area contributed by atoms with Gasteiger partial charge in [0, 0.05) is 0 Å². The van der Waals surface area contributed by atoms with E-state index in [1.165, 1.54) is 0 Å². The minimum absolute atomic E-state index is 0.257. The number of carbonyl (C=O) groups is 1. The van der Waals surface area contributed by atoms with Crippen molar-refractivity contribution in [2.75, 3.05) is 10.7 Å². The van der Waals surface area contributed by atoms with Crippen LogP contribution < -0.4 is 16.6 Å². The first-order valence-electron chi connectivity index (χ1n) is 5.61. The molecule has 0 spiro atoms. The molecule has 98 valence electrons. The number of benzene rings is 1. The lowest BCUT2D eigenvalue weighted by molar-refractivity contribution is 0.102. The van der Waals surface area contributed by atoms with Crippen LogP contribution in [0, 0.1) is 6.92 Å². The molecule has 19 heavy (non-hydrogen) atoms. The number of nitrogens with zero attached hydrogens (tertiary/aromatic N) is 1. The third-order valence-corrected chi connectivity index (χ3v) is 2.83. The highest BCUT2D eigenvalue weighted by molar-refractivity contribution is 6.33. The van der Waals surface area contributed by atoms with Gasteiger partial charge in [-0.15, -0.1) is 0 Å². The van der Waals surface area contributed by atoms with Gasteiger partial charge in [0.25, 0.3) is 5.91 Å². The third-order valence-electron chi connectivity index (χ3n) is 2.50. The van der Waals surface area contributed by atoms with Crippen molar-refractivity contribution in [1.29, 1.82) is 0 Å². The van der Waals surface area contributed by atoms with Crippen LogP contribution in [0.3, 0.4) is 0 Å². The average molecular weight is 277 g/mol. The van der Waals surface area contributed by atoms with E-state index in [1.54, 1.807) is 30.3 Å². The van der Waals surface area contributed by atoms with Crippen molar-refractivity contribution in [2.45, 2.75) is 6.92 Å². The molecule has 0 aliphatic carbocycles. The quantitative estimate of drug-likeness (QED) is 0.595. The fraction of sp³-hybridized carbons (Fsp3) is 0.0769. The van der Waals surface area contributed by atoms with Gasteiger partial charge in [0.2, 0.25) is 0 Å². The lowest BCUT2D eigenvalue weighted by Gasteiger charge is -2.08. The van der Waals surface area contributed by atoms with Crippen LogP contribution in [0.2, 0.25) is 5.02 Å². The number of nitrogens with one attached hydrogen (secondary N) is 2. The van der Waals surface area contributed by atoms with Gasteiger partial charge in [-0.1, -0.05) is 23.7 Å². The van der Waals surface area contributed by atoms with E-state index >= 15 is 0 Å². The molecule has 0 saturated heterocycles. The number of aromatic nitrogens is 1. The number of anilines is 2. The maximum Gasteiger partial charge on any atom is 0.274 e. The van der Waals surface area contributed by atoms with Crippen LogP contribution in [0.5, 0.6) is 0 Å². The zero-order valence-electron chi connectivity index (χ0n) is 10.3. The Labute approximate surface area is 115 Å². The van der Waals surface area contributed by atoms with E-state index in [9.17, 15) is 4.79 Å². The highest BCUT2D eigenvalue weighted by Crippen LogP contribution is 2.23. The fourth-order valence-electron chi connectivity index (χ4n) is 1.56. The highest BCUT2D eigenvalue weighted by atomic mass is 35.5. The fourth-order valence-corrected chi connectivity index (χ4v) is 1.73. The van der Waals surface area contributed by atoms with Gasteiger partial charge in [-0.3, -0.25) is 4.79 Å². The van der Waals surface area contributed by atoms with Gasteiger partial charge in [-0.25, -0.2) is 10.8 Å². The molecule has 4 N–H and O–H groups in total. The molecule has 0 fully saturated rings. The van der Waals surface area contributed by atoms with Gasteiger partial charge in [0.05, 0.1) is 10.7 Å². The second-order valence-corrected chi connectivity index (χ2v) is 4.40. The van der Waals surface area contributed by atoms with Gasteiger partial charge in [-0.05, 0) is 36.8 Å². The molecule has 1 heterocycles. The summed E-state index contributed by atoms with van der Waals surface area (Å²) in [6, 6.07) is 10.4. The zero-order valence-corrected chi connectivity index (χ0v) is 11.0. The van der Waals surface area contributed by atoms with Crippen molar-refractivity contribution >= 4 is 29.0 Å². The Kier molecular flexibility index (Phi) is 3.99. The zero-order chi connectivity index (χ0) is 13.8. The first kappa shape index (κ1) is 13.3. The summed E-state index contributed by atoms with van der Waals surface area (Å²) < 4.78 is 0. The number of hydrogen-bond acceptors (Lipinski definition) is 4. The Balaban J connectivity index is 2.22. The van der Waals surface area contributed by atoms with E-state index in [0.717, 1.165) is 5.56 Å². The summed E-state index contributed by atoms with van der Waals surface area (Å²) in [6.45, 7) is 1.92. The Hall–Kier alpha value is -2.11. The molecule has 1 aromatic heterocycles. The van der Waals surface area contributed by atoms with Crippen molar-refractivity contribution in [3.8, 4) is 0 Å². The molecule has 2 aromatic rings. The van der Waals surface area contributed by atoms with Crippen LogP contribution in [0.15, 0.2) is 36.4 Å². The van der Waals surface area contributed by atoms with Crippen molar-refractivity contribution in [3.63, 3.8) is 0 Å². The van der Waals surface area contributed by atoms with E-state index in [0.29, 0.717) is 16.5 Å². The number of rotatable bonds is 3. The first-order valence-corrected chi connectivity index (χ1v) is 5.99.